The highest BCUT2D eigenvalue weighted by Gasteiger charge is 2.34. The van der Waals surface area contributed by atoms with Crippen molar-refractivity contribution in [2.75, 3.05) is 14.1 Å². The van der Waals surface area contributed by atoms with E-state index in [0.29, 0.717) is 5.84 Å². The molecule has 0 aliphatic carbocycles. The van der Waals surface area contributed by atoms with Crippen molar-refractivity contribution in [3.05, 3.63) is 71.8 Å². The predicted octanol–water partition coefficient (Wildman–Crippen LogP) is 3.12. The maximum Gasteiger partial charge on any atom is 0.148 e. The molecule has 5 heteroatoms. The Labute approximate surface area is 136 Å². The highest BCUT2D eigenvalue weighted by Crippen LogP contribution is 2.35. The van der Waals surface area contributed by atoms with E-state index < -0.39 is 0 Å². The average molecular weight is 308 g/mol. The fourth-order valence-electron chi connectivity index (χ4n) is 3.03. The number of amidine groups is 1. The molecule has 23 heavy (non-hydrogen) atoms. The molecule has 2 aromatic carbocycles. The SMILES string of the molecule is CN1C(/C=N/O)=NC(c2ccccc2)N(C)C1c1ccccc1. The smallest absolute Gasteiger partial charge is 0.148 e. The normalized spacial score (nSPS) is 22.3. The zero-order valence-electron chi connectivity index (χ0n) is 13.2. The van der Waals surface area contributed by atoms with Crippen LogP contribution in [-0.2, 0) is 0 Å². The van der Waals surface area contributed by atoms with Gasteiger partial charge in [0, 0.05) is 7.05 Å². The Morgan fingerprint density at radius 1 is 0.957 bits per heavy atom. The summed E-state index contributed by atoms with van der Waals surface area (Å²) in [6, 6.07) is 20.4. The van der Waals surface area contributed by atoms with Gasteiger partial charge in [-0.25, -0.2) is 4.99 Å². The van der Waals surface area contributed by atoms with Gasteiger partial charge in [-0.1, -0.05) is 65.8 Å². The maximum atomic E-state index is 8.96. The number of rotatable bonds is 3. The summed E-state index contributed by atoms with van der Waals surface area (Å²) in [7, 11) is 4.01. The number of benzene rings is 2. The number of oxime groups is 1. The lowest BCUT2D eigenvalue weighted by atomic mass is 10.1. The first-order chi connectivity index (χ1) is 11.2. The van der Waals surface area contributed by atoms with Gasteiger partial charge in [0.25, 0.3) is 0 Å². The Morgan fingerprint density at radius 2 is 1.52 bits per heavy atom. The van der Waals surface area contributed by atoms with Crippen LogP contribution >= 0.6 is 0 Å². The highest BCUT2D eigenvalue weighted by molar-refractivity contribution is 6.29. The first kappa shape index (κ1) is 15.2. The lowest BCUT2D eigenvalue weighted by molar-refractivity contribution is 0.0759. The molecule has 1 aliphatic rings. The molecule has 3 rings (SSSR count). The first-order valence-electron chi connectivity index (χ1n) is 7.52. The van der Waals surface area contributed by atoms with Crippen LogP contribution in [0.4, 0.5) is 0 Å². The Bertz CT molecular complexity index is 699. The van der Waals surface area contributed by atoms with Crippen molar-refractivity contribution in [3.63, 3.8) is 0 Å². The van der Waals surface area contributed by atoms with E-state index in [1.807, 2.05) is 48.3 Å². The molecule has 0 amide bonds. The lowest BCUT2D eigenvalue weighted by Gasteiger charge is -2.44. The topological polar surface area (TPSA) is 51.4 Å². The molecule has 0 saturated carbocycles. The van der Waals surface area contributed by atoms with Crippen LogP contribution in [0.3, 0.4) is 0 Å². The van der Waals surface area contributed by atoms with Gasteiger partial charge < -0.3 is 10.1 Å². The van der Waals surface area contributed by atoms with Crippen LogP contribution in [0.1, 0.15) is 23.5 Å². The van der Waals surface area contributed by atoms with Crippen LogP contribution < -0.4 is 0 Å². The summed E-state index contributed by atoms with van der Waals surface area (Å²) < 4.78 is 0. The van der Waals surface area contributed by atoms with Crippen molar-refractivity contribution in [2.24, 2.45) is 10.1 Å². The van der Waals surface area contributed by atoms with Crippen molar-refractivity contribution in [1.82, 2.24) is 9.80 Å². The van der Waals surface area contributed by atoms with Crippen molar-refractivity contribution in [3.8, 4) is 0 Å². The van der Waals surface area contributed by atoms with E-state index in [1.165, 1.54) is 6.21 Å². The minimum Gasteiger partial charge on any atom is -0.411 e. The second-order valence-corrected chi connectivity index (χ2v) is 5.58. The molecule has 2 aromatic rings. The fourth-order valence-corrected chi connectivity index (χ4v) is 3.03. The van der Waals surface area contributed by atoms with Crippen LogP contribution in [0.2, 0.25) is 0 Å². The number of nitrogens with zero attached hydrogens (tertiary/aromatic N) is 4. The van der Waals surface area contributed by atoms with E-state index in [1.54, 1.807) is 0 Å². The Balaban J connectivity index is 2.07. The monoisotopic (exact) mass is 308 g/mol. The number of aliphatic imine (C=N–C) groups is 1. The first-order valence-corrected chi connectivity index (χ1v) is 7.52. The quantitative estimate of drug-likeness (QED) is 0.538. The Morgan fingerprint density at radius 3 is 2.09 bits per heavy atom. The molecular formula is C18H20N4O. The summed E-state index contributed by atoms with van der Waals surface area (Å²) in [6.07, 6.45) is 1.26. The van der Waals surface area contributed by atoms with Crippen molar-refractivity contribution >= 4 is 12.1 Å². The molecule has 0 bridgehead atoms. The van der Waals surface area contributed by atoms with Crippen molar-refractivity contribution < 1.29 is 5.21 Å². The third kappa shape index (κ3) is 2.96. The number of hydrogen-bond donors (Lipinski definition) is 1. The predicted molar refractivity (Wildman–Crippen MR) is 91.6 cm³/mol. The summed E-state index contributed by atoms with van der Waals surface area (Å²) in [5.74, 6) is 0.647. The van der Waals surface area contributed by atoms with E-state index in [4.69, 9.17) is 10.2 Å². The largest absolute Gasteiger partial charge is 0.411 e. The fraction of sp³-hybridized carbons (Fsp3) is 0.222. The second kappa shape index (κ2) is 6.62. The van der Waals surface area contributed by atoms with Crippen LogP contribution in [0, 0.1) is 0 Å². The van der Waals surface area contributed by atoms with E-state index in [9.17, 15) is 0 Å². The Hall–Kier alpha value is -2.66. The van der Waals surface area contributed by atoms with Gasteiger partial charge in [0.15, 0.2) is 0 Å². The molecule has 0 spiro atoms. The molecule has 0 aromatic heterocycles. The molecule has 118 valence electrons. The van der Waals surface area contributed by atoms with Crippen LogP contribution in [0.25, 0.3) is 0 Å². The van der Waals surface area contributed by atoms with E-state index in [2.05, 4.69) is 41.4 Å². The second-order valence-electron chi connectivity index (χ2n) is 5.58. The van der Waals surface area contributed by atoms with Gasteiger partial charge in [-0.3, -0.25) is 4.90 Å². The summed E-state index contributed by atoms with van der Waals surface area (Å²) >= 11 is 0. The molecule has 0 fully saturated rings. The lowest BCUT2D eigenvalue weighted by Crippen LogP contribution is -2.47. The van der Waals surface area contributed by atoms with E-state index >= 15 is 0 Å². The third-order valence-electron chi connectivity index (χ3n) is 4.12. The zero-order valence-corrected chi connectivity index (χ0v) is 13.2. The zero-order chi connectivity index (χ0) is 16.2. The third-order valence-corrected chi connectivity index (χ3v) is 4.12. The van der Waals surface area contributed by atoms with Crippen molar-refractivity contribution in [2.45, 2.75) is 12.3 Å². The number of hydrogen-bond acceptors (Lipinski definition) is 5. The average Bonchev–Trinajstić information content (AvgIpc) is 2.59. The molecule has 0 radical (unpaired) electrons. The summed E-state index contributed by atoms with van der Waals surface area (Å²) in [4.78, 5) is 8.95. The van der Waals surface area contributed by atoms with E-state index in [-0.39, 0.29) is 12.3 Å². The minimum absolute atomic E-state index is 0.00639. The molecule has 2 unspecified atom stereocenters. The van der Waals surface area contributed by atoms with E-state index in [0.717, 1.165) is 11.1 Å². The van der Waals surface area contributed by atoms with Gasteiger partial charge in [-0.2, -0.15) is 0 Å². The van der Waals surface area contributed by atoms with Gasteiger partial charge in [0.1, 0.15) is 24.4 Å². The van der Waals surface area contributed by atoms with Gasteiger partial charge in [0.2, 0.25) is 0 Å². The Kier molecular flexibility index (Phi) is 4.39. The van der Waals surface area contributed by atoms with Gasteiger partial charge >= 0.3 is 0 Å². The summed E-state index contributed by atoms with van der Waals surface area (Å²) in [5.41, 5.74) is 2.27. The van der Waals surface area contributed by atoms with Crippen LogP contribution in [-0.4, -0.2) is 41.2 Å². The molecule has 2 atom stereocenters. The summed E-state index contributed by atoms with van der Waals surface area (Å²) in [5, 5.41) is 12.1. The molecular weight excluding hydrogens is 288 g/mol. The van der Waals surface area contributed by atoms with Gasteiger partial charge in [-0.05, 0) is 18.2 Å². The van der Waals surface area contributed by atoms with Crippen LogP contribution in [0.15, 0.2) is 70.8 Å². The minimum atomic E-state index is -0.134. The standard InChI is InChI=1S/C18H20N4O/c1-21-16(13-19-23)20-17(14-9-5-3-6-10-14)22(2)18(21)15-11-7-4-8-12-15/h3-13,17-18,23H,1-2H3/b19-13+. The van der Waals surface area contributed by atoms with Gasteiger partial charge in [0.05, 0.1) is 0 Å². The molecule has 5 nitrogen and oxygen atoms in total. The van der Waals surface area contributed by atoms with Gasteiger partial charge in [-0.15, -0.1) is 0 Å². The molecule has 1 heterocycles. The van der Waals surface area contributed by atoms with Crippen LogP contribution in [0.5, 0.6) is 0 Å². The molecule has 1 aliphatic heterocycles. The maximum absolute atomic E-state index is 8.96. The molecule has 1 N–H and O–H groups in total. The molecule has 0 saturated heterocycles. The van der Waals surface area contributed by atoms with Crippen molar-refractivity contribution in [1.29, 1.82) is 0 Å². The highest BCUT2D eigenvalue weighted by atomic mass is 16.4. The summed E-state index contributed by atoms with van der Waals surface area (Å²) in [6.45, 7) is 0.